The number of rotatable bonds is 5. The molecule has 0 spiro atoms. The molecule has 2 nitrogen and oxygen atoms in total. The van der Waals surface area contributed by atoms with Gasteiger partial charge in [-0.2, -0.15) is 0 Å². The van der Waals surface area contributed by atoms with Gasteiger partial charge in [0.15, 0.2) is 5.78 Å². The van der Waals surface area contributed by atoms with E-state index in [-0.39, 0.29) is 5.78 Å². The second kappa shape index (κ2) is 5.25. The van der Waals surface area contributed by atoms with Crippen LogP contribution in [0.5, 0.6) is 0 Å². The molecule has 0 atom stereocenters. The molecule has 0 saturated heterocycles. The predicted molar refractivity (Wildman–Crippen MR) is 52.2 cm³/mol. The lowest BCUT2D eigenvalue weighted by molar-refractivity contribution is 0.0981. The van der Waals surface area contributed by atoms with E-state index in [0.717, 1.165) is 12.0 Å². The quantitative estimate of drug-likeness (QED) is 0.416. The van der Waals surface area contributed by atoms with Crippen molar-refractivity contribution in [2.75, 3.05) is 0 Å². The average molecular weight is 174 g/mol. The molecule has 0 fully saturated rings. The zero-order chi connectivity index (χ0) is 9.52. The van der Waals surface area contributed by atoms with Crippen LogP contribution >= 0.6 is 0 Å². The van der Waals surface area contributed by atoms with Crippen molar-refractivity contribution in [3.8, 4) is 0 Å². The summed E-state index contributed by atoms with van der Waals surface area (Å²) in [6.07, 6.45) is 3.32. The molecule has 0 aliphatic carbocycles. The smallest absolute Gasteiger partial charge is 0.162 e. The summed E-state index contributed by atoms with van der Waals surface area (Å²) in [7, 11) is 0. The van der Waals surface area contributed by atoms with Crippen molar-refractivity contribution in [1.29, 1.82) is 5.41 Å². The Labute approximate surface area is 78.1 Å². The summed E-state index contributed by atoms with van der Waals surface area (Å²) < 4.78 is 0. The van der Waals surface area contributed by atoms with Crippen LogP contribution < -0.4 is 0 Å². The molecule has 1 aromatic rings. The minimum absolute atomic E-state index is 0.149. The largest absolute Gasteiger partial charge is 0.313 e. The van der Waals surface area contributed by atoms with E-state index in [4.69, 9.17) is 5.41 Å². The SMILES string of the molecule is N=CCCCC(=O)c1cc[c]cc1. The Morgan fingerprint density at radius 1 is 1.46 bits per heavy atom. The Kier molecular flexibility index (Phi) is 3.89. The molecule has 1 N–H and O–H groups in total. The molecule has 0 bridgehead atoms. The fourth-order valence-electron chi connectivity index (χ4n) is 1.08. The summed E-state index contributed by atoms with van der Waals surface area (Å²) in [5.41, 5.74) is 0.740. The third-order valence-corrected chi connectivity index (χ3v) is 1.79. The molecule has 1 rings (SSSR count). The van der Waals surface area contributed by atoms with Crippen molar-refractivity contribution in [3.05, 3.63) is 35.9 Å². The van der Waals surface area contributed by atoms with Crippen molar-refractivity contribution < 1.29 is 4.79 Å². The van der Waals surface area contributed by atoms with E-state index in [1.54, 1.807) is 24.3 Å². The van der Waals surface area contributed by atoms with Gasteiger partial charge in [-0.05, 0) is 25.1 Å². The topological polar surface area (TPSA) is 40.9 Å². The molecule has 0 heterocycles. The van der Waals surface area contributed by atoms with E-state index in [9.17, 15) is 4.79 Å². The van der Waals surface area contributed by atoms with Gasteiger partial charge in [-0.25, -0.2) is 0 Å². The number of nitrogens with one attached hydrogen (secondary N) is 1. The number of hydrogen-bond acceptors (Lipinski definition) is 2. The van der Waals surface area contributed by atoms with Crippen LogP contribution in [0.3, 0.4) is 0 Å². The fraction of sp³-hybridized carbons (Fsp3) is 0.273. The number of carbonyl (C=O) groups excluding carboxylic acids is 1. The van der Waals surface area contributed by atoms with E-state index < -0.39 is 0 Å². The molecule has 0 amide bonds. The van der Waals surface area contributed by atoms with Gasteiger partial charge in [0.25, 0.3) is 0 Å². The van der Waals surface area contributed by atoms with Gasteiger partial charge in [0.1, 0.15) is 0 Å². The van der Waals surface area contributed by atoms with Crippen LogP contribution in [0.25, 0.3) is 0 Å². The summed E-state index contributed by atoms with van der Waals surface area (Å²) in [5, 5.41) is 6.81. The van der Waals surface area contributed by atoms with E-state index >= 15 is 0 Å². The van der Waals surface area contributed by atoms with Crippen LogP contribution in [0, 0.1) is 11.5 Å². The normalized spacial score (nSPS) is 9.54. The van der Waals surface area contributed by atoms with Crippen LogP contribution in [0.2, 0.25) is 0 Å². The lowest BCUT2D eigenvalue weighted by Gasteiger charge is -1.97. The Bertz CT molecular complexity index is 279. The van der Waals surface area contributed by atoms with Gasteiger partial charge in [0, 0.05) is 12.0 Å². The molecular formula is C11H12NO. The van der Waals surface area contributed by atoms with Gasteiger partial charge < -0.3 is 5.41 Å². The molecule has 13 heavy (non-hydrogen) atoms. The fourth-order valence-corrected chi connectivity index (χ4v) is 1.08. The van der Waals surface area contributed by atoms with E-state index in [1.807, 2.05) is 0 Å². The highest BCUT2D eigenvalue weighted by Gasteiger charge is 2.02. The molecule has 2 heteroatoms. The Morgan fingerprint density at radius 2 is 2.15 bits per heavy atom. The van der Waals surface area contributed by atoms with Crippen LogP contribution in [0.15, 0.2) is 24.3 Å². The number of benzene rings is 1. The highest BCUT2D eigenvalue weighted by Crippen LogP contribution is 2.05. The van der Waals surface area contributed by atoms with Crippen molar-refractivity contribution in [1.82, 2.24) is 0 Å². The maximum Gasteiger partial charge on any atom is 0.162 e. The lowest BCUT2D eigenvalue weighted by Crippen LogP contribution is -1.98. The third kappa shape index (κ3) is 3.20. The predicted octanol–water partition coefficient (Wildman–Crippen LogP) is 2.49. The molecule has 0 aliphatic rings. The first-order chi connectivity index (χ1) is 6.34. The van der Waals surface area contributed by atoms with Crippen LogP contribution in [0.1, 0.15) is 29.6 Å². The summed E-state index contributed by atoms with van der Waals surface area (Å²) in [4.78, 5) is 11.4. The number of carbonyl (C=O) groups is 1. The highest BCUT2D eigenvalue weighted by molar-refractivity contribution is 5.96. The van der Waals surface area contributed by atoms with E-state index in [0.29, 0.717) is 12.8 Å². The first-order valence-electron chi connectivity index (χ1n) is 4.33. The van der Waals surface area contributed by atoms with E-state index in [1.165, 1.54) is 6.21 Å². The lowest BCUT2D eigenvalue weighted by atomic mass is 10.1. The molecule has 67 valence electrons. The summed E-state index contributed by atoms with van der Waals surface area (Å²) in [6, 6.07) is 9.89. The molecule has 1 radical (unpaired) electrons. The van der Waals surface area contributed by atoms with Crippen molar-refractivity contribution >= 4 is 12.0 Å². The third-order valence-electron chi connectivity index (χ3n) is 1.79. The minimum Gasteiger partial charge on any atom is -0.313 e. The number of Topliss-reactive ketones (excluding diaryl/α,β-unsaturated/α-hetero) is 1. The zero-order valence-corrected chi connectivity index (χ0v) is 7.42. The summed E-state index contributed by atoms with van der Waals surface area (Å²) >= 11 is 0. The van der Waals surface area contributed by atoms with Gasteiger partial charge in [-0.3, -0.25) is 4.79 Å². The number of ketones is 1. The number of hydrogen-bond donors (Lipinski definition) is 1. The molecule has 0 aliphatic heterocycles. The van der Waals surface area contributed by atoms with Gasteiger partial charge in [-0.1, -0.05) is 24.3 Å². The first kappa shape index (κ1) is 9.65. The molecule has 0 saturated carbocycles. The second-order valence-corrected chi connectivity index (χ2v) is 2.81. The first-order valence-corrected chi connectivity index (χ1v) is 4.33. The Morgan fingerprint density at radius 3 is 2.77 bits per heavy atom. The van der Waals surface area contributed by atoms with Crippen LogP contribution in [-0.2, 0) is 0 Å². The molecular weight excluding hydrogens is 162 g/mol. The molecule has 0 unspecified atom stereocenters. The Balaban J connectivity index is 2.45. The Hall–Kier alpha value is -1.44. The maximum absolute atomic E-state index is 11.4. The monoisotopic (exact) mass is 174 g/mol. The van der Waals surface area contributed by atoms with Gasteiger partial charge in [0.2, 0.25) is 0 Å². The van der Waals surface area contributed by atoms with Crippen LogP contribution in [-0.4, -0.2) is 12.0 Å². The van der Waals surface area contributed by atoms with Gasteiger partial charge >= 0.3 is 0 Å². The van der Waals surface area contributed by atoms with E-state index in [2.05, 4.69) is 6.07 Å². The molecule has 1 aromatic carbocycles. The average Bonchev–Trinajstić information content (AvgIpc) is 2.19. The van der Waals surface area contributed by atoms with Gasteiger partial charge in [-0.15, -0.1) is 0 Å². The van der Waals surface area contributed by atoms with Gasteiger partial charge in [0.05, 0.1) is 0 Å². The van der Waals surface area contributed by atoms with Crippen molar-refractivity contribution in [2.45, 2.75) is 19.3 Å². The minimum atomic E-state index is 0.149. The highest BCUT2D eigenvalue weighted by atomic mass is 16.1. The van der Waals surface area contributed by atoms with Crippen LogP contribution in [0.4, 0.5) is 0 Å². The summed E-state index contributed by atoms with van der Waals surface area (Å²) in [5.74, 6) is 0.149. The standard InChI is InChI=1S/C11H12NO/c12-9-5-4-8-11(13)10-6-2-1-3-7-10/h2-3,6-7,9,12H,4-5,8H2. The number of unbranched alkanes of at least 4 members (excludes halogenated alkanes) is 1. The van der Waals surface area contributed by atoms with Crippen molar-refractivity contribution in [2.24, 2.45) is 0 Å². The van der Waals surface area contributed by atoms with Crippen molar-refractivity contribution in [3.63, 3.8) is 0 Å². The second-order valence-electron chi connectivity index (χ2n) is 2.81. The molecule has 0 aromatic heterocycles. The maximum atomic E-state index is 11.4. The summed E-state index contributed by atoms with van der Waals surface area (Å²) in [6.45, 7) is 0. The zero-order valence-electron chi connectivity index (χ0n) is 7.42.